The Morgan fingerprint density at radius 1 is 1.25 bits per heavy atom. The predicted octanol–water partition coefficient (Wildman–Crippen LogP) is 2.04. The number of nitrogens with one attached hydrogen (secondary N) is 2. The Bertz CT molecular complexity index is 397. The van der Waals surface area contributed by atoms with E-state index in [0.717, 1.165) is 11.4 Å². The van der Waals surface area contributed by atoms with Gasteiger partial charge in [-0.05, 0) is 31.2 Å². The highest BCUT2D eigenvalue weighted by atomic mass is 16.5. The van der Waals surface area contributed by atoms with Crippen molar-refractivity contribution in [3.05, 3.63) is 48.0 Å². The summed E-state index contributed by atoms with van der Waals surface area (Å²) in [5, 5.41) is 0. The maximum Gasteiger partial charge on any atom is 0.320 e. The van der Waals surface area contributed by atoms with Gasteiger partial charge in [-0.15, -0.1) is 0 Å². The van der Waals surface area contributed by atoms with E-state index in [9.17, 15) is 4.79 Å². The van der Waals surface area contributed by atoms with Crippen LogP contribution in [-0.4, -0.2) is 22.5 Å². The van der Waals surface area contributed by atoms with Crippen LogP contribution in [0.1, 0.15) is 24.2 Å². The molecule has 0 fully saturated rings. The van der Waals surface area contributed by atoms with Crippen molar-refractivity contribution < 1.29 is 9.53 Å². The highest BCUT2D eigenvalue weighted by molar-refractivity contribution is 5.81. The lowest BCUT2D eigenvalue weighted by Crippen LogP contribution is -2.17. The number of carbonyl (C=O) groups excluding carboxylic acids is 1. The molecule has 0 atom stereocenters. The summed E-state index contributed by atoms with van der Waals surface area (Å²) in [6.45, 7) is 2.19. The van der Waals surface area contributed by atoms with E-state index in [-0.39, 0.29) is 5.97 Å². The third-order valence-corrected chi connectivity index (χ3v) is 2.39. The lowest BCUT2D eigenvalue weighted by Gasteiger charge is -2.12. The van der Waals surface area contributed by atoms with Gasteiger partial charge >= 0.3 is 5.97 Å². The Morgan fingerprint density at radius 2 is 1.81 bits per heavy atom. The highest BCUT2D eigenvalue weighted by Crippen LogP contribution is 2.23. The molecular weight excluding hydrogens is 204 g/mol. The van der Waals surface area contributed by atoms with E-state index in [1.54, 1.807) is 19.3 Å². The summed E-state index contributed by atoms with van der Waals surface area (Å²) < 4.78 is 5.07. The average Bonchev–Trinajstić information content (AvgIpc) is 2.91. The Kier molecular flexibility index (Phi) is 3.10. The van der Waals surface area contributed by atoms with Crippen molar-refractivity contribution in [3.8, 4) is 0 Å². The molecule has 0 radical (unpaired) electrons. The Labute approximate surface area is 93.6 Å². The number of H-pyrrole nitrogens is 2. The van der Waals surface area contributed by atoms with Gasteiger partial charge in [0, 0.05) is 23.8 Å². The molecule has 2 heterocycles. The Morgan fingerprint density at radius 3 is 2.19 bits per heavy atom. The second-order valence-corrected chi connectivity index (χ2v) is 3.44. The first-order valence-electron chi connectivity index (χ1n) is 5.26. The molecule has 0 aliphatic heterocycles. The van der Waals surface area contributed by atoms with E-state index >= 15 is 0 Å². The Balaban J connectivity index is 2.31. The summed E-state index contributed by atoms with van der Waals surface area (Å²) in [4.78, 5) is 18.0. The minimum absolute atomic E-state index is 0.243. The summed E-state index contributed by atoms with van der Waals surface area (Å²) in [5.74, 6) is -0.641. The number of carbonyl (C=O) groups is 1. The minimum atomic E-state index is -0.398. The summed E-state index contributed by atoms with van der Waals surface area (Å²) in [7, 11) is 0. The van der Waals surface area contributed by atoms with Gasteiger partial charge in [0.25, 0.3) is 0 Å². The first kappa shape index (κ1) is 10.5. The van der Waals surface area contributed by atoms with Gasteiger partial charge in [-0.25, -0.2) is 0 Å². The maximum atomic E-state index is 11.9. The van der Waals surface area contributed by atoms with Crippen LogP contribution in [0.5, 0.6) is 0 Å². The van der Waals surface area contributed by atoms with Crippen molar-refractivity contribution in [3.63, 3.8) is 0 Å². The molecule has 2 rings (SSSR count). The quantitative estimate of drug-likeness (QED) is 0.771. The predicted molar refractivity (Wildman–Crippen MR) is 60.1 cm³/mol. The molecule has 2 aromatic heterocycles. The lowest BCUT2D eigenvalue weighted by molar-refractivity contribution is -0.144. The number of esters is 1. The van der Waals surface area contributed by atoms with Crippen LogP contribution < -0.4 is 0 Å². The molecule has 0 unspecified atom stereocenters. The van der Waals surface area contributed by atoms with Crippen LogP contribution in [0, 0.1) is 0 Å². The summed E-state index contributed by atoms with van der Waals surface area (Å²) in [6, 6.07) is 7.49. The van der Waals surface area contributed by atoms with E-state index < -0.39 is 5.92 Å². The van der Waals surface area contributed by atoms with Crippen LogP contribution in [0.3, 0.4) is 0 Å². The molecular formula is C12H14N2O2. The van der Waals surface area contributed by atoms with Gasteiger partial charge in [-0.2, -0.15) is 0 Å². The van der Waals surface area contributed by atoms with E-state index in [2.05, 4.69) is 9.97 Å². The van der Waals surface area contributed by atoms with E-state index in [4.69, 9.17) is 4.74 Å². The van der Waals surface area contributed by atoms with Gasteiger partial charge in [0.05, 0.1) is 6.61 Å². The minimum Gasteiger partial charge on any atom is -0.465 e. The van der Waals surface area contributed by atoms with E-state index in [0.29, 0.717) is 6.61 Å². The molecule has 0 amide bonds. The number of hydrogen-bond acceptors (Lipinski definition) is 2. The van der Waals surface area contributed by atoms with Crippen LogP contribution in [-0.2, 0) is 9.53 Å². The highest BCUT2D eigenvalue weighted by Gasteiger charge is 2.25. The summed E-state index contributed by atoms with van der Waals surface area (Å²) in [5.41, 5.74) is 1.67. The Hall–Kier alpha value is -1.97. The molecule has 4 nitrogen and oxygen atoms in total. The van der Waals surface area contributed by atoms with Crippen LogP contribution in [0.4, 0.5) is 0 Å². The van der Waals surface area contributed by atoms with Gasteiger partial charge in [0.1, 0.15) is 5.92 Å². The third kappa shape index (κ3) is 2.00. The second-order valence-electron chi connectivity index (χ2n) is 3.44. The van der Waals surface area contributed by atoms with E-state index in [1.165, 1.54) is 0 Å². The zero-order valence-corrected chi connectivity index (χ0v) is 9.07. The number of rotatable bonds is 4. The molecule has 2 N–H and O–H groups in total. The fourth-order valence-electron chi connectivity index (χ4n) is 1.69. The molecule has 0 aliphatic carbocycles. The smallest absolute Gasteiger partial charge is 0.320 e. The third-order valence-electron chi connectivity index (χ3n) is 2.39. The fraction of sp³-hybridized carbons (Fsp3) is 0.250. The van der Waals surface area contributed by atoms with Crippen molar-refractivity contribution in [2.45, 2.75) is 12.8 Å². The average molecular weight is 218 g/mol. The van der Waals surface area contributed by atoms with Crippen LogP contribution in [0.15, 0.2) is 36.7 Å². The van der Waals surface area contributed by atoms with Crippen LogP contribution >= 0.6 is 0 Å². The van der Waals surface area contributed by atoms with Crippen LogP contribution in [0.25, 0.3) is 0 Å². The van der Waals surface area contributed by atoms with Crippen molar-refractivity contribution in [1.82, 2.24) is 9.97 Å². The zero-order chi connectivity index (χ0) is 11.4. The molecule has 4 heteroatoms. The zero-order valence-electron chi connectivity index (χ0n) is 9.07. The molecule has 0 saturated carbocycles. The van der Waals surface area contributed by atoms with Crippen molar-refractivity contribution in [2.75, 3.05) is 6.61 Å². The monoisotopic (exact) mass is 218 g/mol. The molecule has 0 aromatic carbocycles. The first-order valence-corrected chi connectivity index (χ1v) is 5.26. The van der Waals surface area contributed by atoms with Gasteiger partial charge in [0.2, 0.25) is 0 Å². The normalized spacial score (nSPS) is 10.6. The fourth-order valence-corrected chi connectivity index (χ4v) is 1.69. The molecule has 0 saturated heterocycles. The second kappa shape index (κ2) is 4.70. The number of ether oxygens (including phenoxy) is 1. The van der Waals surface area contributed by atoms with Gasteiger partial charge in [0.15, 0.2) is 0 Å². The van der Waals surface area contributed by atoms with Crippen molar-refractivity contribution >= 4 is 5.97 Å². The molecule has 84 valence electrons. The lowest BCUT2D eigenvalue weighted by atomic mass is 10.0. The van der Waals surface area contributed by atoms with Gasteiger partial charge < -0.3 is 14.7 Å². The van der Waals surface area contributed by atoms with Gasteiger partial charge in [-0.3, -0.25) is 4.79 Å². The molecule has 0 spiro atoms. The molecule has 0 bridgehead atoms. The van der Waals surface area contributed by atoms with E-state index in [1.807, 2.05) is 24.3 Å². The number of aromatic nitrogens is 2. The maximum absolute atomic E-state index is 11.9. The van der Waals surface area contributed by atoms with Crippen LogP contribution in [0.2, 0.25) is 0 Å². The standard InChI is InChI=1S/C12H14N2O2/c1-2-16-12(15)11(9-5-3-7-13-9)10-6-4-8-14-10/h3-8,11,13-14H,2H2,1H3. The first-order chi connectivity index (χ1) is 7.83. The summed E-state index contributed by atoms with van der Waals surface area (Å²) >= 11 is 0. The molecule has 0 aliphatic rings. The largest absolute Gasteiger partial charge is 0.465 e. The SMILES string of the molecule is CCOC(=O)C(c1ccc[nH]1)c1ccc[nH]1. The summed E-state index contributed by atoms with van der Waals surface area (Å²) in [6.07, 6.45) is 3.59. The number of aromatic amines is 2. The van der Waals surface area contributed by atoms with Crippen molar-refractivity contribution in [1.29, 1.82) is 0 Å². The van der Waals surface area contributed by atoms with Crippen molar-refractivity contribution in [2.24, 2.45) is 0 Å². The molecule has 16 heavy (non-hydrogen) atoms. The van der Waals surface area contributed by atoms with Gasteiger partial charge in [-0.1, -0.05) is 0 Å². The number of hydrogen-bond donors (Lipinski definition) is 2. The topological polar surface area (TPSA) is 57.9 Å². The molecule has 2 aromatic rings.